The molecule has 0 radical (unpaired) electrons. The van der Waals surface area contributed by atoms with Crippen molar-refractivity contribution in [2.24, 2.45) is 5.92 Å². The van der Waals surface area contributed by atoms with Crippen LogP contribution in [0.4, 0.5) is 4.39 Å². The van der Waals surface area contributed by atoms with E-state index in [1.165, 1.54) is 12.1 Å². The fraction of sp³-hybridized carbons (Fsp3) is 0.238. The summed E-state index contributed by atoms with van der Waals surface area (Å²) in [5.74, 6) is -1.33. The van der Waals surface area contributed by atoms with E-state index in [2.05, 4.69) is 5.10 Å². The lowest BCUT2D eigenvalue weighted by molar-refractivity contribution is -0.126. The van der Waals surface area contributed by atoms with Crippen molar-refractivity contribution in [3.05, 3.63) is 83.9 Å². The van der Waals surface area contributed by atoms with Crippen LogP contribution in [-0.4, -0.2) is 20.7 Å². The lowest BCUT2D eigenvalue weighted by atomic mass is 9.85. The molecule has 3 aromatic rings. The maximum Gasteiger partial charge on any atom is 0.138 e. The number of nitrogens with zero attached hydrogens (tertiary/aromatic N) is 2. The van der Waals surface area contributed by atoms with Crippen LogP contribution in [-0.2, 0) is 11.2 Å². The molecule has 1 heterocycles. The Morgan fingerprint density at radius 3 is 2.58 bits per heavy atom. The third-order valence-electron chi connectivity index (χ3n) is 4.55. The van der Waals surface area contributed by atoms with E-state index >= 15 is 0 Å². The molecule has 5 heteroatoms. The van der Waals surface area contributed by atoms with Gasteiger partial charge in [0.25, 0.3) is 0 Å². The summed E-state index contributed by atoms with van der Waals surface area (Å²) in [6, 6.07) is 15.4. The molecule has 0 aliphatic heterocycles. The Morgan fingerprint density at radius 1 is 1.15 bits per heavy atom. The van der Waals surface area contributed by atoms with Crippen molar-refractivity contribution in [1.29, 1.82) is 0 Å². The monoisotopic (exact) mass is 352 g/mol. The van der Waals surface area contributed by atoms with Gasteiger partial charge in [-0.1, -0.05) is 43.3 Å². The average Bonchev–Trinajstić information content (AvgIpc) is 3.20. The number of hydrogen-bond acceptors (Lipinski definition) is 3. The van der Waals surface area contributed by atoms with Gasteiger partial charge in [0, 0.05) is 24.4 Å². The molecule has 0 saturated heterocycles. The van der Waals surface area contributed by atoms with Crippen LogP contribution in [0.25, 0.3) is 5.69 Å². The van der Waals surface area contributed by atoms with Gasteiger partial charge >= 0.3 is 0 Å². The Balaban J connectivity index is 1.96. The van der Waals surface area contributed by atoms with Gasteiger partial charge in [-0.2, -0.15) is 5.10 Å². The normalized spacial score (nSPS) is 13.3. The summed E-state index contributed by atoms with van der Waals surface area (Å²) in [4.78, 5) is 12.5. The molecule has 1 aromatic heterocycles. The average molecular weight is 352 g/mol. The Kier molecular flexibility index (Phi) is 5.58. The second-order valence-electron chi connectivity index (χ2n) is 6.18. The molecule has 0 fully saturated rings. The van der Waals surface area contributed by atoms with Crippen molar-refractivity contribution in [2.45, 2.75) is 25.9 Å². The van der Waals surface area contributed by atoms with Gasteiger partial charge in [0.2, 0.25) is 0 Å². The molecule has 2 aromatic carbocycles. The number of aliphatic hydroxyl groups is 1. The van der Waals surface area contributed by atoms with Crippen LogP contribution < -0.4 is 0 Å². The summed E-state index contributed by atoms with van der Waals surface area (Å²) in [6.07, 6.45) is 2.88. The zero-order chi connectivity index (χ0) is 18.5. The van der Waals surface area contributed by atoms with Crippen molar-refractivity contribution >= 4 is 5.78 Å². The highest BCUT2D eigenvalue weighted by atomic mass is 19.1. The summed E-state index contributed by atoms with van der Waals surface area (Å²) in [6.45, 7) is 1.75. The van der Waals surface area contributed by atoms with Gasteiger partial charge in [-0.3, -0.25) is 4.79 Å². The molecule has 4 nitrogen and oxygen atoms in total. The third kappa shape index (κ3) is 3.73. The first-order valence-corrected chi connectivity index (χ1v) is 8.65. The van der Waals surface area contributed by atoms with Crippen LogP contribution in [0.1, 0.15) is 30.6 Å². The predicted octanol–water partition coefficient (Wildman–Crippen LogP) is 3.88. The van der Waals surface area contributed by atoms with Crippen molar-refractivity contribution in [2.75, 3.05) is 0 Å². The van der Waals surface area contributed by atoms with Crippen LogP contribution in [0.5, 0.6) is 0 Å². The van der Waals surface area contributed by atoms with Gasteiger partial charge < -0.3 is 5.11 Å². The Labute approximate surface area is 151 Å². The molecule has 26 heavy (non-hydrogen) atoms. The fourth-order valence-electron chi connectivity index (χ4n) is 3.15. The molecule has 0 bridgehead atoms. The van der Waals surface area contributed by atoms with Crippen LogP contribution in [0.3, 0.4) is 0 Å². The number of rotatable bonds is 7. The maximum absolute atomic E-state index is 14.1. The summed E-state index contributed by atoms with van der Waals surface area (Å²) in [5, 5.41) is 15.0. The van der Waals surface area contributed by atoms with Crippen molar-refractivity contribution < 1.29 is 14.3 Å². The Hall–Kier alpha value is -2.79. The van der Waals surface area contributed by atoms with Crippen LogP contribution >= 0.6 is 0 Å². The molecule has 3 rings (SSSR count). The second kappa shape index (κ2) is 8.06. The highest BCUT2D eigenvalue weighted by molar-refractivity contribution is 5.82. The highest BCUT2D eigenvalue weighted by Gasteiger charge is 2.29. The molecule has 0 amide bonds. The molecular formula is C21H21FN2O2. The SMILES string of the molecule is CCC(=O)[C@H](Cc1ccccc1-n1cccn1)[C@H](O)c1ccccc1F. The van der Waals surface area contributed by atoms with Gasteiger partial charge in [-0.15, -0.1) is 0 Å². The van der Waals surface area contributed by atoms with Crippen LogP contribution in [0, 0.1) is 11.7 Å². The molecule has 1 N–H and O–H groups in total. The minimum absolute atomic E-state index is 0.101. The maximum atomic E-state index is 14.1. The van der Waals surface area contributed by atoms with Crippen LogP contribution in [0.15, 0.2) is 67.0 Å². The minimum Gasteiger partial charge on any atom is -0.388 e. The van der Waals surface area contributed by atoms with Crippen LogP contribution in [0.2, 0.25) is 0 Å². The Morgan fingerprint density at radius 2 is 1.88 bits per heavy atom. The number of Topliss-reactive ketones (excluding diaryl/α,β-unsaturated/α-hetero) is 1. The van der Waals surface area contributed by atoms with Crippen molar-refractivity contribution in [3.63, 3.8) is 0 Å². The molecule has 0 aliphatic carbocycles. The van der Waals surface area contributed by atoms with E-state index in [1.54, 1.807) is 29.9 Å². The summed E-state index contributed by atoms with van der Waals surface area (Å²) in [5.41, 5.74) is 1.86. The summed E-state index contributed by atoms with van der Waals surface area (Å²) >= 11 is 0. The number of aromatic nitrogens is 2. The number of hydrogen-bond donors (Lipinski definition) is 1. The number of ketones is 1. The van der Waals surface area contributed by atoms with E-state index in [-0.39, 0.29) is 17.8 Å². The second-order valence-corrected chi connectivity index (χ2v) is 6.18. The fourth-order valence-corrected chi connectivity index (χ4v) is 3.15. The molecule has 0 saturated carbocycles. The van der Waals surface area contributed by atoms with Gasteiger partial charge in [0.1, 0.15) is 11.6 Å². The van der Waals surface area contributed by atoms with E-state index < -0.39 is 17.8 Å². The molecule has 2 atom stereocenters. The van der Waals surface area contributed by atoms with Gasteiger partial charge in [0.05, 0.1) is 17.7 Å². The van der Waals surface area contributed by atoms with E-state index in [1.807, 2.05) is 36.5 Å². The lowest BCUT2D eigenvalue weighted by Crippen LogP contribution is -2.25. The van der Waals surface area contributed by atoms with E-state index in [0.29, 0.717) is 6.42 Å². The quantitative estimate of drug-likeness (QED) is 0.702. The van der Waals surface area contributed by atoms with Gasteiger partial charge in [-0.05, 0) is 30.2 Å². The number of halogens is 1. The molecule has 0 spiro atoms. The minimum atomic E-state index is -1.20. The van der Waals surface area contributed by atoms with Gasteiger partial charge in [-0.25, -0.2) is 9.07 Å². The molecule has 134 valence electrons. The first-order valence-electron chi connectivity index (χ1n) is 8.65. The lowest BCUT2D eigenvalue weighted by Gasteiger charge is -2.23. The zero-order valence-corrected chi connectivity index (χ0v) is 14.5. The number of carbonyl (C=O) groups excluding carboxylic acids is 1. The third-order valence-corrected chi connectivity index (χ3v) is 4.55. The number of benzene rings is 2. The standard InChI is InChI=1S/C21H21FN2O2/c1-2-20(25)17(21(26)16-9-4-5-10-18(16)22)14-15-8-3-6-11-19(15)24-13-7-12-23-24/h3-13,17,21,26H,2,14H2,1H3/t17-,21+/m0/s1. The summed E-state index contributed by atoms with van der Waals surface area (Å²) < 4.78 is 15.8. The predicted molar refractivity (Wildman–Crippen MR) is 97.4 cm³/mol. The topological polar surface area (TPSA) is 55.1 Å². The largest absolute Gasteiger partial charge is 0.388 e. The summed E-state index contributed by atoms with van der Waals surface area (Å²) in [7, 11) is 0. The van der Waals surface area contributed by atoms with Crippen molar-refractivity contribution in [3.8, 4) is 5.69 Å². The smallest absolute Gasteiger partial charge is 0.138 e. The number of para-hydroxylation sites is 1. The molecule has 0 unspecified atom stereocenters. The first-order chi connectivity index (χ1) is 12.6. The van der Waals surface area contributed by atoms with Gasteiger partial charge in [0.15, 0.2) is 0 Å². The first kappa shape index (κ1) is 18.0. The van der Waals surface area contributed by atoms with E-state index in [4.69, 9.17) is 0 Å². The van der Waals surface area contributed by atoms with Crippen molar-refractivity contribution in [1.82, 2.24) is 9.78 Å². The number of aliphatic hydroxyl groups excluding tert-OH is 1. The number of carbonyl (C=O) groups is 1. The zero-order valence-electron chi connectivity index (χ0n) is 14.5. The molecular weight excluding hydrogens is 331 g/mol. The highest BCUT2D eigenvalue weighted by Crippen LogP contribution is 2.30. The van der Waals surface area contributed by atoms with E-state index in [0.717, 1.165) is 11.3 Å². The Bertz CT molecular complexity index is 877. The molecule has 0 aliphatic rings. The van der Waals surface area contributed by atoms with E-state index in [9.17, 15) is 14.3 Å².